The molecule has 4 nitrogen and oxygen atoms in total. The number of aliphatic hydroxyl groups excluding tert-OH is 1. The number of rotatable bonds is 7. The topological polar surface area (TPSA) is 75.4 Å². The van der Waals surface area contributed by atoms with E-state index in [1.807, 2.05) is 0 Å². The molecular formula is C11H22N2O2. The van der Waals surface area contributed by atoms with E-state index in [-0.39, 0.29) is 12.0 Å². The number of hydrogen-bond acceptors (Lipinski definition) is 3. The minimum atomic E-state index is -0.420. The van der Waals surface area contributed by atoms with Crippen molar-refractivity contribution in [1.29, 1.82) is 0 Å². The lowest BCUT2D eigenvalue weighted by Crippen LogP contribution is -2.43. The Labute approximate surface area is 91.2 Å². The van der Waals surface area contributed by atoms with E-state index >= 15 is 0 Å². The van der Waals surface area contributed by atoms with Crippen molar-refractivity contribution in [1.82, 2.24) is 5.32 Å². The second kappa shape index (κ2) is 6.08. The third-order valence-electron chi connectivity index (χ3n) is 2.86. The standard InChI is InChI=1S/C11H22N2O2/c1-2-3-4-9(12)11(15)13-7-10(14)8-5-6-8/h8-10,14H,2-7,12H2,1H3,(H,13,15). The van der Waals surface area contributed by atoms with Crippen LogP contribution in [0.15, 0.2) is 0 Å². The molecule has 1 rings (SSSR count). The van der Waals surface area contributed by atoms with Crippen LogP contribution in [0.3, 0.4) is 0 Å². The number of hydrogen-bond donors (Lipinski definition) is 3. The van der Waals surface area contributed by atoms with Crippen LogP contribution in [0.2, 0.25) is 0 Å². The van der Waals surface area contributed by atoms with E-state index in [0.29, 0.717) is 12.5 Å². The monoisotopic (exact) mass is 214 g/mol. The molecule has 1 fully saturated rings. The minimum Gasteiger partial charge on any atom is -0.391 e. The lowest BCUT2D eigenvalue weighted by Gasteiger charge is -2.14. The van der Waals surface area contributed by atoms with Crippen LogP contribution in [-0.2, 0) is 4.79 Å². The summed E-state index contributed by atoms with van der Waals surface area (Å²) < 4.78 is 0. The van der Waals surface area contributed by atoms with Crippen LogP contribution >= 0.6 is 0 Å². The van der Waals surface area contributed by atoms with E-state index in [9.17, 15) is 9.90 Å². The zero-order valence-electron chi connectivity index (χ0n) is 9.41. The van der Waals surface area contributed by atoms with Gasteiger partial charge in [0.25, 0.3) is 0 Å². The van der Waals surface area contributed by atoms with Crippen LogP contribution in [0.4, 0.5) is 0 Å². The van der Waals surface area contributed by atoms with Gasteiger partial charge in [-0.3, -0.25) is 4.79 Å². The Kier molecular flexibility index (Phi) is 5.05. The van der Waals surface area contributed by atoms with Crippen LogP contribution in [0, 0.1) is 5.92 Å². The van der Waals surface area contributed by atoms with Gasteiger partial charge in [-0.25, -0.2) is 0 Å². The summed E-state index contributed by atoms with van der Waals surface area (Å²) in [4.78, 5) is 11.4. The highest BCUT2D eigenvalue weighted by molar-refractivity contribution is 5.81. The van der Waals surface area contributed by atoms with Crippen molar-refractivity contribution in [3.8, 4) is 0 Å². The number of carbonyl (C=O) groups excluding carboxylic acids is 1. The molecule has 0 spiro atoms. The molecule has 88 valence electrons. The Balaban J connectivity index is 2.10. The van der Waals surface area contributed by atoms with Gasteiger partial charge >= 0.3 is 0 Å². The predicted molar refractivity (Wildman–Crippen MR) is 59.2 cm³/mol. The Morgan fingerprint density at radius 3 is 2.80 bits per heavy atom. The Morgan fingerprint density at radius 2 is 2.27 bits per heavy atom. The van der Waals surface area contributed by atoms with E-state index in [0.717, 1.165) is 32.1 Å². The molecule has 2 unspecified atom stereocenters. The third kappa shape index (κ3) is 4.62. The maximum absolute atomic E-state index is 11.4. The molecule has 0 aromatic rings. The molecule has 2 atom stereocenters. The van der Waals surface area contributed by atoms with Gasteiger partial charge < -0.3 is 16.2 Å². The lowest BCUT2D eigenvalue weighted by atomic mass is 10.1. The number of nitrogens with two attached hydrogens (primary N) is 1. The van der Waals surface area contributed by atoms with Gasteiger partial charge in [0.15, 0.2) is 0 Å². The second-order valence-corrected chi connectivity index (χ2v) is 4.40. The van der Waals surface area contributed by atoms with Crippen LogP contribution in [0.5, 0.6) is 0 Å². The highest BCUT2D eigenvalue weighted by atomic mass is 16.3. The van der Waals surface area contributed by atoms with Crippen molar-refractivity contribution < 1.29 is 9.90 Å². The number of aliphatic hydroxyl groups is 1. The molecule has 15 heavy (non-hydrogen) atoms. The maximum Gasteiger partial charge on any atom is 0.237 e. The van der Waals surface area contributed by atoms with Crippen LogP contribution in [0.1, 0.15) is 39.0 Å². The summed E-state index contributed by atoms with van der Waals surface area (Å²) in [6, 6.07) is -0.420. The molecule has 1 amide bonds. The van der Waals surface area contributed by atoms with E-state index < -0.39 is 6.04 Å². The number of unbranched alkanes of at least 4 members (excludes halogenated alkanes) is 1. The van der Waals surface area contributed by atoms with Crippen LogP contribution < -0.4 is 11.1 Å². The summed E-state index contributed by atoms with van der Waals surface area (Å²) in [5.74, 6) is 0.264. The molecule has 4 heteroatoms. The van der Waals surface area contributed by atoms with Crippen molar-refractivity contribution in [2.24, 2.45) is 11.7 Å². The number of amides is 1. The summed E-state index contributed by atoms with van der Waals surface area (Å²) in [6.07, 6.45) is 4.53. The summed E-state index contributed by atoms with van der Waals surface area (Å²) >= 11 is 0. The zero-order chi connectivity index (χ0) is 11.3. The molecule has 0 heterocycles. The molecule has 1 aliphatic carbocycles. The fourth-order valence-electron chi connectivity index (χ4n) is 1.54. The molecule has 0 saturated heterocycles. The zero-order valence-corrected chi connectivity index (χ0v) is 9.41. The average molecular weight is 214 g/mol. The third-order valence-corrected chi connectivity index (χ3v) is 2.86. The molecule has 0 aliphatic heterocycles. The van der Waals surface area contributed by atoms with Gasteiger partial charge in [-0.2, -0.15) is 0 Å². The smallest absolute Gasteiger partial charge is 0.237 e. The molecule has 1 aliphatic rings. The van der Waals surface area contributed by atoms with Gasteiger partial charge in [0.05, 0.1) is 12.1 Å². The Hall–Kier alpha value is -0.610. The molecule has 0 bridgehead atoms. The highest BCUT2D eigenvalue weighted by Crippen LogP contribution is 2.32. The van der Waals surface area contributed by atoms with Gasteiger partial charge in [0, 0.05) is 6.54 Å². The molecule has 1 saturated carbocycles. The largest absolute Gasteiger partial charge is 0.391 e. The first kappa shape index (κ1) is 12.5. The van der Waals surface area contributed by atoms with Crippen molar-refractivity contribution in [2.75, 3.05) is 6.54 Å². The van der Waals surface area contributed by atoms with Crippen LogP contribution in [-0.4, -0.2) is 29.7 Å². The van der Waals surface area contributed by atoms with E-state index in [2.05, 4.69) is 12.2 Å². The number of carbonyl (C=O) groups is 1. The Bertz CT molecular complexity index is 205. The normalized spacial score (nSPS) is 19.7. The highest BCUT2D eigenvalue weighted by Gasteiger charge is 2.29. The van der Waals surface area contributed by atoms with Crippen molar-refractivity contribution in [2.45, 2.75) is 51.2 Å². The van der Waals surface area contributed by atoms with E-state index in [1.165, 1.54) is 0 Å². The number of nitrogens with one attached hydrogen (secondary N) is 1. The Morgan fingerprint density at radius 1 is 1.60 bits per heavy atom. The summed E-state index contributed by atoms with van der Waals surface area (Å²) in [6.45, 7) is 2.42. The van der Waals surface area contributed by atoms with Crippen molar-refractivity contribution in [3.63, 3.8) is 0 Å². The molecule has 4 N–H and O–H groups in total. The first-order chi connectivity index (χ1) is 7.15. The lowest BCUT2D eigenvalue weighted by molar-refractivity contribution is -0.123. The molecular weight excluding hydrogens is 192 g/mol. The SMILES string of the molecule is CCCCC(N)C(=O)NCC(O)C1CC1. The quantitative estimate of drug-likeness (QED) is 0.574. The minimum absolute atomic E-state index is 0.136. The van der Waals surface area contributed by atoms with E-state index in [4.69, 9.17) is 5.73 Å². The summed E-state index contributed by atoms with van der Waals surface area (Å²) in [5.41, 5.74) is 5.69. The van der Waals surface area contributed by atoms with Crippen LogP contribution in [0.25, 0.3) is 0 Å². The average Bonchev–Trinajstić information content (AvgIpc) is 3.05. The first-order valence-electron chi connectivity index (χ1n) is 5.86. The first-order valence-corrected chi connectivity index (χ1v) is 5.86. The van der Waals surface area contributed by atoms with Gasteiger partial charge in [-0.1, -0.05) is 19.8 Å². The predicted octanol–water partition coefficient (Wildman–Crippen LogP) is 0.391. The van der Waals surface area contributed by atoms with Gasteiger partial charge in [-0.05, 0) is 25.2 Å². The van der Waals surface area contributed by atoms with Gasteiger partial charge in [0.1, 0.15) is 0 Å². The summed E-state index contributed by atoms with van der Waals surface area (Å²) in [7, 11) is 0. The second-order valence-electron chi connectivity index (χ2n) is 4.40. The molecule has 0 aromatic heterocycles. The molecule has 0 radical (unpaired) electrons. The maximum atomic E-state index is 11.4. The van der Waals surface area contributed by atoms with E-state index in [1.54, 1.807) is 0 Å². The van der Waals surface area contributed by atoms with Crippen molar-refractivity contribution >= 4 is 5.91 Å². The van der Waals surface area contributed by atoms with Crippen molar-refractivity contribution in [3.05, 3.63) is 0 Å². The van der Waals surface area contributed by atoms with Gasteiger partial charge in [-0.15, -0.1) is 0 Å². The fraction of sp³-hybridized carbons (Fsp3) is 0.909. The summed E-state index contributed by atoms with van der Waals surface area (Å²) in [5, 5.41) is 12.2. The molecule has 0 aromatic carbocycles. The van der Waals surface area contributed by atoms with Gasteiger partial charge in [0.2, 0.25) is 5.91 Å². The fourth-order valence-corrected chi connectivity index (χ4v) is 1.54.